The fourth-order valence-electron chi connectivity index (χ4n) is 1.59. The maximum Gasteiger partial charge on any atom is 0.226 e. The van der Waals surface area contributed by atoms with Crippen molar-refractivity contribution in [1.82, 2.24) is 0 Å². The third kappa shape index (κ3) is 4.67. The highest BCUT2D eigenvalue weighted by molar-refractivity contribution is 7.91. The number of hydrogen-bond acceptors (Lipinski definition) is 3. The summed E-state index contributed by atoms with van der Waals surface area (Å²) in [7, 11) is -3.29. The third-order valence-corrected chi connectivity index (χ3v) is 4.62. The van der Waals surface area contributed by atoms with Gasteiger partial charge in [0, 0.05) is 11.6 Å². The van der Waals surface area contributed by atoms with Crippen LogP contribution in [0.15, 0.2) is 29.2 Å². The molecular formula is C14H21NO3S. The first kappa shape index (κ1) is 15.7. The van der Waals surface area contributed by atoms with Crippen molar-refractivity contribution in [2.45, 2.75) is 32.6 Å². The van der Waals surface area contributed by atoms with Crippen molar-refractivity contribution in [3.63, 3.8) is 0 Å². The maximum absolute atomic E-state index is 12.1. The van der Waals surface area contributed by atoms with Gasteiger partial charge in [0.1, 0.15) is 0 Å². The number of carbonyl (C=O) groups is 1. The largest absolute Gasteiger partial charge is 0.326 e. The molecule has 19 heavy (non-hydrogen) atoms. The van der Waals surface area contributed by atoms with E-state index < -0.39 is 9.84 Å². The zero-order valence-corrected chi connectivity index (χ0v) is 12.6. The van der Waals surface area contributed by atoms with Crippen LogP contribution in [0.1, 0.15) is 27.7 Å². The molecule has 0 aliphatic rings. The van der Waals surface area contributed by atoms with E-state index in [2.05, 4.69) is 5.32 Å². The summed E-state index contributed by atoms with van der Waals surface area (Å²) in [5, 5.41) is 2.70. The minimum atomic E-state index is -3.29. The van der Waals surface area contributed by atoms with E-state index in [0.29, 0.717) is 5.69 Å². The van der Waals surface area contributed by atoms with Gasteiger partial charge in [-0.3, -0.25) is 4.79 Å². The molecule has 0 atom stereocenters. The van der Waals surface area contributed by atoms with Crippen LogP contribution in [0, 0.1) is 11.8 Å². The van der Waals surface area contributed by atoms with Crippen molar-refractivity contribution in [3.05, 3.63) is 24.3 Å². The topological polar surface area (TPSA) is 63.2 Å². The van der Waals surface area contributed by atoms with E-state index >= 15 is 0 Å². The standard InChI is InChI=1S/C14H21NO3S/c1-10(2)9-19(17,18)13-7-5-6-12(8-13)15-14(16)11(3)4/h5-8,10-11H,9H2,1-4H3,(H,15,16). The second kappa shape index (κ2) is 6.19. The Balaban J connectivity index is 2.98. The minimum Gasteiger partial charge on any atom is -0.326 e. The molecule has 1 amide bonds. The Morgan fingerprint density at radius 2 is 1.84 bits per heavy atom. The van der Waals surface area contributed by atoms with Gasteiger partial charge in [-0.15, -0.1) is 0 Å². The lowest BCUT2D eigenvalue weighted by molar-refractivity contribution is -0.118. The Bertz CT molecular complexity index is 548. The quantitative estimate of drug-likeness (QED) is 0.903. The van der Waals surface area contributed by atoms with Crippen LogP contribution in [0.3, 0.4) is 0 Å². The van der Waals surface area contributed by atoms with Gasteiger partial charge in [-0.1, -0.05) is 33.8 Å². The zero-order valence-electron chi connectivity index (χ0n) is 11.8. The van der Waals surface area contributed by atoms with Crippen LogP contribution < -0.4 is 5.32 Å². The number of anilines is 1. The SMILES string of the molecule is CC(C)CS(=O)(=O)c1cccc(NC(=O)C(C)C)c1. The molecule has 0 radical (unpaired) electrons. The lowest BCUT2D eigenvalue weighted by atomic mass is 10.2. The molecule has 0 aliphatic carbocycles. The summed E-state index contributed by atoms with van der Waals surface area (Å²) in [5.74, 6) is -0.0950. The number of sulfone groups is 1. The van der Waals surface area contributed by atoms with Crippen molar-refractivity contribution in [3.8, 4) is 0 Å². The van der Waals surface area contributed by atoms with Crippen molar-refractivity contribution < 1.29 is 13.2 Å². The second-order valence-electron chi connectivity index (χ2n) is 5.35. The molecule has 0 saturated carbocycles. The van der Waals surface area contributed by atoms with Gasteiger partial charge in [-0.2, -0.15) is 0 Å². The molecule has 4 nitrogen and oxygen atoms in total. The first-order valence-corrected chi connectivity index (χ1v) is 8.01. The van der Waals surface area contributed by atoms with E-state index in [4.69, 9.17) is 0 Å². The molecule has 5 heteroatoms. The van der Waals surface area contributed by atoms with Crippen LogP contribution in [-0.2, 0) is 14.6 Å². The van der Waals surface area contributed by atoms with Gasteiger partial charge >= 0.3 is 0 Å². The van der Waals surface area contributed by atoms with Crippen LogP contribution in [0.5, 0.6) is 0 Å². The fourth-order valence-corrected chi connectivity index (χ4v) is 3.25. The molecule has 0 aliphatic heterocycles. The van der Waals surface area contributed by atoms with Crippen molar-refractivity contribution >= 4 is 21.4 Å². The van der Waals surface area contributed by atoms with Gasteiger partial charge in [0.15, 0.2) is 9.84 Å². The van der Waals surface area contributed by atoms with E-state index in [1.807, 2.05) is 13.8 Å². The first-order chi connectivity index (χ1) is 8.72. The minimum absolute atomic E-state index is 0.0684. The van der Waals surface area contributed by atoms with E-state index in [0.717, 1.165) is 0 Å². The number of rotatable bonds is 5. The smallest absolute Gasteiger partial charge is 0.226 e. The van der Waals surface area contributed by atoms with Gasteiger partial charge in [0.25, 0.3) is 0 Å². The first-order valence-electron chi connectivity index (χ1n) is 6.36. The van der Waals surface area contributed by atoms with E-state index in [1.165, 1.54) is 6.07 Å². The Kier molecular flexibility index (Phi) is 5.11. The van der Waals surface area contributed by atoms with Gasteiger partial charge < -0.3 is 5.32 Å². The summed E-state index contributed by atoms with van der Waals surface area (Å²) in [5.41, 5.74) is 0.517. The van der Waals surface area contributed by atoms with Crippen LogP contribution in [0.4, 0.5) is 5.69 Å². The molecule has 0 unspecified atom stereocenters. The highest BCUT2D eigenvalue weighted by Gasteiger charge is 2.17. The van der Waals surface area contributed by atoms with Gasteiger partial charge in [0.05, 0.1) is 10.6 Å². The van der Waals surface area contributed by atoms with E-state index in [1.54, 1.807) is 32.0 Å². The Morgan fingerprint density at radius 3 is 2.37 bits per heavy atom. The molecule has 0 bridgehead atoms. The Morgan fingerprint density at radius 1 is 1.21 bits per heavy atom. The second-order valence-corrected chi connectivity index (χ2v) is 7.38. The number of carbonyl (C=O) groups excluding carboxylic acids is 1. The molecule has 1 aromatic carbocycles. The summed E-state index contributed by atoms with van der Waals surface area (Å²) in [6.45, 7) is 7.30. The molecule has 106 valence electrons. The number of hydrogen-bond donors (Lipinski definition) is 1. The van der Waals surface area contributed by atoms with Crippen LogP contribution in [0.2, 0.25) is 0 Å². The molecular weight excluding hydrogens is 262 g/mol. The summed E-state index contributed by atoms with van der Waals surface area (Å²) in [6, 6.07) is 6.40. The van der Waals surface area contributed by atoms with E-state index in [9.17, 15) is 13.2 Å². The summed E-state index contributed by atoms with van der Waals surface area (Å²) >= 11 is 0. The number of amides is 1. The average molecular weight is 283 g/mol. The Hall–Kier alpha value is -1.36. The van der Waals surface area contributed by atoms with Crippen LogP contribution in [-0.4, -0.2) is 20.1 Å². The van der Waals surface area contributed by atoms with Crippen LogP contribution in [0.25, 0.3) is 0 Å². The molecule has 0 heterocycles. The average Bonchev–Trinajstić information content (AvgIpc) is 2.27. The molecule has 1 rings (SSSR count). The molecule has 0 saturated heterocycles. The zero-order chi connectivity index (χ0) is 14.6. The normalized spacial score (nSPS) is 11.9. The predicted octanol–water partition coefficient (Wildman–Crippen LogP) is 2.71. The summed E-state index contributed by atoms with van der Waals surface area (Å²) < 4.78 is 24.2. The fraction of sp³-hybridized carbons (Fsp3) is 0.500. The monoisotopic (exact) mass is 283 g/mol. The highest BCUT2D eigenvalue weighted by Crippen LogP contribution is 2.19. The van der Waals surface area contributed by atoms with Crippen molar-refractivity contribution in [1.29, 1.82) is 0 Å². The molecule has 0 spiro atoms. The highest BCUT2D eigenvalue weighted by atomic mass is 32.2. The molecule has 0 aromatic heterocycles. The number of nitrogens with one attached hydrogen (secondary N) is 1. The Labute approximate surface area is 115 Å². The van der Waals surface area contributed by atoms with E-state index in [-0.39, 0.29) is 28.4 Å². The van der Waals surface area contributed by atoms with Gasteiger partial charge in [-0.05, 0) is 24.1 Å². The number of benzene rings is 1. The van der Waals surface area contributed by atoms with Crippen LogP contribution >= 0.6 is 0 Å². The molecule has 1 N–H and O–H groups in total. The van der Waals surface area contributed by atoms with Gasteiger partial charge in [-0.25, -0.2) is 8.42 Å². The molecule has 0 fully saturated rings. The lowest BCUT2D eigenvalue weighted by Crippen LogP contribution is -2.18. The molecule has 1 aromatic rings. The summed E-state index contributed by atoms with van der Waals surface area (Å²) in [6.07, 6.45) is 0. The maximum atomic E-state index is 12.1. The summed E-state index contributed by atoms with van der Waals surface area (Å²) in [4.78, 5) is 11.8. The van der Waals surface area contributed by atoms with Crippen molar-refractivity contribution in [2.24, 2.45) is 11.8 Å². The lowest BCUT2D eigenvalue weighted by Gasteiger charge is -2.11. The predicted molar refractivity (Wildman–Crippen MR) is 76.8 cm³/mol. The van der Waals surface area contributed by atoms with Crippen molar-refractivity contribution in [2.75, 3.05) is 11.1 Å². The van der Waals surface area contributed by atoms with Gasteiger partial charge in [0.2, 0.25) is 5.91 Å². The third-order valence-electron chi connectivity index (χ3n) is 2.54.